The highest BCUT2D eigenvalue weighted by Gasteiger charge is 2.66. The first-order chi connectivity index (χ1) is 7.36. The lowest BCUT2D eigenvalue weighted by Gasteiger charge is -2.35. The van der Waals surface area contributed by atoms with Crippen LogP contribution in [0.25, 0.3) is 0 Å². The van der Waals surface area contributed by atoms with E-state index in [9.17, 15) is 5.11 Å². The van der Waals surface area contributed by atoms with Crippen molar-refractivity contribution in [2.45, 2.75) is 59.0 Å². The van der Waals surface area contributed by atoms with E-state index in [0.29, 0.717) is 11.3 Å². The van der Waals surface area contributed by atoms with E-state index in [1.807, 2.05) is 0 Å². The smallest absolute Gasteiger partial charge is 0.0650 e. The summed E-state index contributed by atoms with van der Waals surface area (Å²) < 4.78 is 0. The van der Waals surface area contributed by atoms with Gasteiger partial charge in [-0.2, -0.15) is 0 Å². The van der Waals surface area contributed by atoms with E-state index in [-0.39, 0.29) is 5.60 Å². The van der Waals surface area contributed by atoms with Crippen molar-refractivity contribution in [3.05, 3.63) is 0 Å². The van der Waals surface area contributed by atoms with E-state index < -0.39 is 0 Å². The van der Waals surface area contributed by atoms with Crippen molar-refractivity contribution in [3.63, 3.8) is 0 Å². The summed E-state index contributed by atoms with van der Waals surface area (Å²) in [4.78, 5) is 0. The van der Waals surface area contributed by atoms with E-state index in [0.717, 1.165) is 30.1 Å². The first-order valence-electron chi connectivity index (χ1n) is 7.08. The fourth-order valence-electron chi connectivity index (χ4n) is 5.29. The molecule has 92 valence electrons. The van der Waals surface area contributed by atoms with E-state index in [1.165, 1.54) is 19.3 Å². The number of rotatable bonds is 0. The van der Waals surface area contributed by atoms with E-state index in [1.54, 1.807) is 0 Å². The quantitative estimate of drug-likeness (QED) is 0.665. The molecule has 3 aliphatic rings. The first kappa shape index (κ1) is 11.1. The van der Waals surface area contributed by atoms with Crippen LogP contribution in [0.15, 0.2) is 0 Å². The van der Waals surface area contributed by atoms with Crippen LogP contribution in [-0.4, -0.2) is 10.7 Å². The van der Waals surface area contributed by atoms with E-state index >= 15 is 0 Å². The summed E-state index contributed by atoms with van der Waals surface area (Å²) in [7, 11) is 0. The van der Waals surface area contributed by atoms with Gasteiger partial charge in [0.05, 0.1) is 5.60 Å². The van der Waals surface area contributed by atoms with Crippen molar-refractivity contribution in [2.75, 3.05) is 0 Å². The molecule has 0 saturated heterocycles. The molecule has 0 radical (unpaired) electrons. The van der Waals surface area contributed by atoms with E-state index in [2.05, 4.69) is 27.7 Å². The maximum Gasteiger partial charge on any atom is 0.0650 e. The van der Waals surface area contributed by atoms with Crippen LogP contribution in [0.3, 0.4) is 0 Å². The average molecular weight is 222 g/mol. The zero-order valence-corrected chi connectivity index (χ0v) is 11.2. The van der Waals surface area contributed by atoms with Gasteiger partial charge < -0.3 is 5.11 Å². The number of hydrogen-bond acceptors (Lipinski definition) is 1. The van der Waals surface area contributed by atoms with Gasteiger partial charge in [-0.1, -0.05) is 27.2 Å². The normalized spacial score (nSPS) is 58.7. The largest absolute Gasteiger partial charge is 0.390 e. The fourth-order valence-corrected chi connectivity index (χ4v) is 5.29. The lowest BCUT2D eigenvalue weighted by Crippen LogP contribution is -2.38. The summed E-state index contributed by atoms with van der Waals surface area (Å²) in [6.45, 7) is 9.41. The molecule has 0 bridgehead atoms. The van der Waals surface area contributed by atoms with Gasteiger partial charge in [-0.15, -0.1) is 0 Å². The molecule has 1 nitrogen and oxygen atoms in total. The highest BCUT2D eigenvalue weighted by molar-refractivity contribution is 5.14. The summed E-state index contributed by atoms with van der Waals surface area (Å²) in [6, 6.07) is 0. The third-order valence-corrected chi connectivity index (χ3v) is 6.37. The van der Waals surface area contributed by atoms with Crippen molar-refractivity contribution in [1.82, 2.24) is 0 Å². The van der Waals surface area contributed by atoms with Gasteiger partial charge in [0.25, 0.3) is 0 Å². The molecule has 3 fully saturated rings. The molecule has 6 atom stereocenters. The summed E-state index contributed by atoms with van der Waals surface area (Å²) >= 11 is 0. The van der Waals surface area contributed by atoms with Crippen LogP contribution in [0, 0.1) is 35.0 Å². The van der Waals surface area contributed by atoms with Gasteiger partial charge in [-0.25, -0.2) is 0 Å². The summed E-state index contributed by atoms with van der Waals surface area (Å²) in [5, 5.41) is 10.7. The Morgan fingerprint density at radius 1 is 1.00 bits per heavy atom. The van der Waals surface area contributed by atoms with Gasteiger partial charge in [-0.3, -0.25) is 0 Å². The minimum atomic E-state index is -0.376. The van der Waals surface area contributed by atoms with Crippen LogP contribution in [-0.2, 0) is 0 Å². The second kappa shape index (κ2) is 3.04. The Morgan fingerprint density at radius 2 is 1.69 bits per heavy atom. The zero-order valence-electron chi connectivity index (χ0n) is 11.2. The molecule has 0 aromatic heterocycles. The van der Waals surface area contributed by atoms with Crippen molar-refractivity contribution < 1.29 is 5.11 Å². The molecule has 3 aliphatic carbocycles. The van der Waals surface area contributed by atoms with Crippen LogP contribution >= 0.6 is 0 Å². The van der Waals surface area contributed by atoms with Gasteiger partial charge >= 0.3 is 0 Å². The van der Waals surface area contributed by atoms with Gasteiger partial charge in [-0.05, 0) is 61.2 Å². The SMILES string of the molecule is C[C@H]1CC[C@H]2[C@@H]1[C@H]1[C@@H](CC[C@@]2(C)O)C1(C)C. The van der Waals surface area contributed by atoms with Crippen molar-refractivity contribution >= 4 is 0 Å². The molecule has 1 N–H and O–H groups in total. The molecule has 3 rings (SSSR count). The molecule has 0 spiro atoms. The van der Waals surface area contributed by atoms with Gasteiger partial charge in [0, 0.05) is 0 Å². The Hall–Kier alpha value is -0.0400. The van der Waals surface area contributed by atoms with Gasteiger partial charge in [0.15, 0.2) is 0 Å². The molecule has 1 heteroatoms. The third-order valence-electron chi connectivity index (χ3n) is 6.37. The Kier molecular flexibility index (Phi) is 2.11. The van der Waals surface area contributed by atoms with Gasteiger partial charge in [0.1, 0.15) is 0 Å². The summed E-state index contributed by atoms with van der Waals surface area (Å²) in [5.74, 6) is 4.03. The van der Waals surface area contributed by atoms with Gasteiger partial charge in [0.2, 0.25) is 0 Å². The molecule has 0 aliphatic heterocycles. The Labute approximate surface area is 99.6 Å². The zero-order chi connectivity index (χ0) is 11.7. The second-order valence-electron chi connectivity index (χ2n) is 7.59. The molecular weight excluding hydrogens is 196 g/mol. The van der Waals surface area contributed by atoms with Crippen LogP contribution in [0.4, 0.5) is 0 Å². The van der Waals surface area contributed by atoms with Crippen LogP contribution in [0.1, 0.15) is 53.4 Å². The highest BCUT2D eigenvalue weighted by atomic mass is 16.3. The molecule has 0 heterocycles. The summed E-state index contributed by atoms with van der Waals surface area (Å²) in [6.07, 6.45) is 4.89. The van der Waals surface area contributed by atoms with E-state index in [4.69, 9.17) is 0 Å². The molecule has 0 amide bonds. The average Bonchev–Trinajstić information content (AvgIpc) is 2.51. The van der Waals surface area contributed by atoms with Crippen molar-refractivity contribution in [1.29, 1.82) is 0 Å². The molecule has 0 unspecified atom stereocenters. The molecule has 3 saturated carbocycles. The molecule has 0 aromatic rings. The van der Waals surface area contributed by atoms with Crippen LogP contribution in [0.5, 0.6) is 0 Å². The second-order valence-corrected chi connectivity index (χ2v) is 7.59. The third kappa shape index (κ3) is 1.27. The topological polar surface area (TPSA) is 20.2 Å². The maximum absolute atomic E-state index is 10.7. The lowest BCUT2D eigenvalue weighted by molar-refractivity contribution is -0.0302. The molecule has 0 aromatic carbocycles. The first-order valence-corrected chi connectivity index (χ1v) is 7.08. The van der Waals surface area contributed by atoms with Crippen LogP contribution in [0.2, 0.25) is 0 Å². The standard InChI is InChI=1S/C15H26O/c1-9-5-6-10-12(9)13-11(14(13,2)3)7-8-15(10,4)16/h9-13,16H,5-8H2,1-4H3/t9-,10-,11+,12+,13+,15+/m0/s1. The van der Waals surface area contributed by atoms with Crippen molar-refractivity contribution in [3.8, 4) is 0 Å². The predicted molar refractivity (Wildman–Crippen MR) is 66.0 cm³/mol. The number of aliphatic hydroxyl groups is 1. The Morgan fingerprint density at radius 3 is 2.38 bits per heavy atom. The lowest BCUT2D eigenvalue weighted by atomic mass is 9.74. The monoisotopic (exact) mass is 222 g/mol. The molecular formula is C15H26O. The maximum atomic E-state index is 10.7. The Balaban J connectivity index is 1.94. The minimum absolute atomic E-state index is 0.376. The predicted octanol–water partition coefficient (Wildman–Crippen LogP) is 3.47. The summed E-state index contributed by atoms with van der Waals surface area (Å²) in [5.41, 5.74) is 0.191. The highest BCUT2D eigenvalue weighted by Crippen LogP contribution is 2.71. The molecule has 16 heavy (non-hydrogen) atoms. The minimum Gasteiger partial charge on any atom is -0.390 e. The fraction of sp³-hybridized carbons (Fsp3) is 1.00. The number of hydrogen-bond donors (Lipinski definition) is 1. The number of fused-ring (bicyclic) bond motifs is 3. The van der Waals surface area contributed by atoms with Crippen LogP contribution < -0.4 is 0 Å². The Bertz CT molecular complexity index is 305. The van der Waals surface area contributed by atoms with Crippen molar-refractivity contribution in [2.24, 2.45) is 35.0 Å².